The Bertz CT molecular complexity index is 2070. The summed E-state index contributed by atoms with van der Waals surface area (Å²) in [6.07, 6.45) is 1.37. The number of likely N-dealkylation sites (tertiary alicyclic amines) is 2. The second-order valence-electron chi connectivity index (χ2n) is 19.9. The molecule has 5 aliphatic rings. The minimum Gasteiger partial charge on any atom is -0.458 e. The molecule has 3 atom stereocenters. The van der Waals surface area contributed by atoms with Gasteiger partial charge in [-0.25, -0.2) is 19.2 Å². The van der Waals surface area contributed by atoms with Gasteiger partial charge >= 0.3 is 24.1 Å². The number of carbonyl (C=O) groups is 4. The molecule has 7 rings (SSSR count). The highest BCUT2D eigenvalue weighted by Crippen LogP contribution is 2.42. The molecule has 2 aromatic carbocycles. The molecule has 2 saturated heterocycles. The summed E-state index contributed by atoms with van der Waals surface area (Å²) in [6.45, 7) is 26.3. The van der Waals surface area contributed by atoms with Crippen molar-refractivity contribution < 1.29 is 67.1 Å². The van der Waals surface area contributed by atoms with Crippen LogP contribution in [0.3, 0.4) is 0 Å². The Balaban J connectivity index is 0.000000204. The molecule has 0 saturated carbocycles. The maximum absolute atomic E-state index is 13.0. The summed E-state index contributed by atoms with van der Waals surface area (Å²) >= 11 is 0. The molecule has 1 spiro atoms. The van der Waals surface area contributed by atoms with Gasteiger partial charge in [-0.15, -0.1) is 0 Å². The molecule has 1 N–H and O–H groups in total. The van der Waals surface area contributed by atoms with Gasteiger partial charge in [0.2, 0.25) is 13.6 Å². The number of oxime groups is 2. The van der Waals surface area contributed by atoms with Crippen LogP contribution < -0.4 is 18.9 Å². The van der Waals surface area contributed by atoms with E-state index < -0.39 is 64.2 Å². The minimum absolute atomic E-state index is 0.170. The number of carbonyl (C=O) groups excluding carboxylic acids is 4. The van der Waals surface area contributed by atoms with Gasteiger partial charge in [-0.05, 0) is 119 Å². The first-order valence-corrected chi connectivity index (χ1v) is 21.0. The topological polar surface area (TPSA) is 203 Å². The molecule has 2 fully saturated rings. The summed E-state index contributed by atoms with van der Waals surface area (Å²) in [5.41, 5.74) is -0.224. The molecule has 350 valence electrons. The van der Waals surface area contributed by atoms with Crippen molar-refractivity contribution in [1.82, 2.24) is 9.80 Å². The number of nitrogens with zero attached hydrogens (tertiary/aromatic N) is 4. The fourth-order valence-corrected chi connectivity index (χ4v) is 6.94. The van der Waals surface area contributed by atoms with E-state index >= 15 is 0 Å². The number of amides is 2. The Morgan fingerprint density at radius 3 is 1.77 bits per heavy atom. The molecule has 18 nitrogen and oxygen atoms in total. The van der Waals surface area contributed by atoms with E-state index in [2.05, 4.69) is 16.9 Å². The lowest BCUT2D eigenvalue weighted by atomic mass is 9.91. The SMILES string of the molecule is C=C1C[C@@H](C(=O)OC(C)(C)C)N(C(=O)OC(C)(C)C)C1.CC(C)(C)OC(=O)[C@@H]1C[C@]2(CC(c3ccc4c(c3)OCO4)=NO2)CN1C(=O)OC(C)(C)C.O/N=C/c1ccc2c(c1)OCO2. The molecule has 0 aromatic heterocycles. The molecular formula is C46H62N4O14. The summed E-state index contributed by atoms with van der Waals surface area (Å²) in [5.74, 6) is 1.85. The van der Waals surface area contributed by atoms with Crippen molar-refractivity contribution in [3.05, 3.63) is 59.7 Å². The van der Waals surface area contributed by atoms with Crippen LogP contribution in [-0.4, -0.2) is 118 Å². The van der Waals surface area contributed by atoms with E-state index in [0.717, 1.165) is 28.2 Å². The van der Waals surface area contributed by atoms with Gasteiger partial charge in [0, 0.05) is 36.9 Å². The second kappa shape index (κ2) is 18.9. The highest BCUT2D eigenvalue weighted by molar-refractivity contribution is 6.02. The van der Waals surface area contributed by atoms with E-state index in [1.54, 1.807) is 101 Å². The molecule has 5 heterocycles. The Hall–Kier alpha value is -6.20. The van der Waals surface area contributed by atoms with E-state index in [1.165, 1.54) is 16.0 Å². The quantitative estimate of drug-likeness (QED) is 0.0779. The van der Waals surface area contributed by atoms with E-state index in [1.807, 2.05) is 18.2 Å². The minimum atomic E-state index is -0.829. The van der Waals surface area contributed by atoms with Gasteiger partial charge in [-0.2, -0.15) is 0 Å². The zero-order valence-electron chi connectivity index (χ0n) is 38.9. The number of hydrogen-bond donors (Lipinski definition) is 1. The fourth-order valence-electron chi connectivity index (χ4n) is 6.94. The van der Waals surface area contributed by atoms with Gasteiger partial charge in [0.15, 0.2) is 28.6 Å². The third-order valence-electron chi connectivity index (χ3n) is 9.41. The normalized spacial score (nSPS) is 21.1. The summed E-state index contributed by atoms with van der Waals surface area (Å²) in [6, 6.07) is 9.42. The Morgan fingerprint density at radius 2 is 1.22 bits per heavy atom. The van der Waals surface area contributed by atoms with Crippen molar-refractivity contribution in [1.29, 1.82) is 0 Å². The van der Waals surface area contributed by atoms with Gasteiger partial charge < -0.3 is 47.9 Å². The van der Waals surface area contributed by atoms with Crippen LogP contribution in [0.15, 0.2) is 58.9 Å². The third-order valence-corrected chi connectivity index (χ3v) is 9.41. The lowest BCUT2D eigenvalue weighted by molar-refractivity contribution is -0.161. The fraction of sp³-hybridized carbons (Fsp3) is 0.565. The average Bonchev–Trinajstić information content (AvgIpc) is 4.00. The highest BCUT2D eigenvalue weighted by atomic mass is 16.7. The lowest BCUT2D eigenvalue weighted by Crippen LogP contribution is -2.46. The molecule has 5 aliphatic heterocycles. The number of hydrogen-bond acceptors (Lipinski definition) is 16. The summed E-state index contributed by atoms with van der Waals surface area (Å²) in [7, 11) is 0. The average molecular weight is 895 g/mol. The number of fused-ring (bicyclic) bond motifs is 2. The van der Waals surface area contributed by atoms with Crippen molar-refractivity contribution in [3.63, 3.8) is 0 Å². The van der Waals surface area contributed by atoms with Crippen LogP contribution in [0.5, 0.6) is 23.0 Å². The van der Waals surface area contributed by atoms with Crippen molar-refractivity contribution >= 4 is 36.1 Å². The molecule has 0 aliphatic carbocycles. The predicted molar refractivity (Wildman–Crippen MR) is 233 cm³/mol. The lowest BCUT2D eigenvalue weighted by Gasteiger charge is -2.29. The van der Waals surface area contributed by atoms with Crippen LogP contribution in [0.4, 0.5) is 9.59 Å². The third kappa shape index (κ3) is 13.4. The van der Waals surface area contributed by atoms with Crippen molar-refractivity contribution in [2.45, 2.75) is 142 Å². The Kier molecular flexibility index (Phi) is 14.4. The first kappa shape index (κ1) is 48.8. The van der Waals surface area contributed by atoms with Crippen molar-refractivity contribution in [2.75, 3.05) is 26.7 Å². The van der Waals surface area contributed by atoms with Crippen molar-refractivity contribution in [2.24, 2.45) is 10.3 Å². The highest BCUT2D eigenvalue weighted by Gasteiger charge is 2.55. The monoisotopic (exact) mass is 894 g/mol. The van der Waals surface area contributed by atoms with Gasteiger partial charge in [-0.1, -0.05) is 22.5 Å². The Morgan fingerprint density at radius 1 is 0.719 bits per heavy atom. The largest absolute Gasteiger partial charge is 0.458 e. The summed E-state index contributed by atoms with van der Waals surface area (Å²) in [4.78, 5) is 58.9. The Labute approximate surface area is 374 Å². The molecule has 0 unspecified atom stereocenters. The van der Waals surface area contributed by atoms with E-state index in [-0.39, 0.29) is 26.6 Å². The zero-order chi connectivity index (χ0) is 47.4. The van der Waals surface area contributed by atoms with Crippen molar-refractivity contribution in [3.8, 4) is 23.0 Å². The van der Waals surface area contributed by atoms with Crippen LogP contribution >= 0.6 is 0 Å². The van der Waals surface area contributed by atoms with Crippen LogP contribution in [0.2, 0.25) is 0 Å². The molecule has 2 aromatic rings. The van der Waals surface area contributed by atoms with Gasteiger partial charge in [0.1, 0.15) is 34.5 Å². The number of ether oxygens (including phenoxy) is 8. The van der Waals surface area contributed by atoms with Gasteiger partial charge in [0.05, 0.1) is 18.5 Å². The molecular weight excluding hydrogens is 833 g/mol. The van der Waals surface area contributed by atoms with Crippen LogP contribution in [0.25, 0.3) is 0 Å². The second-order valence-corrected chi connectivity index (χ2v) is 19.9. The molecule has 0 bridgehead atoms. The van der Waals surface area contributed by atoms with Crippen LogP contribution in [0.1, 0.15) is 113 Å². The number of esters is 2. The summed E-state index contributed by atoms with van der Waals surface area (Å²) in [5, 5.41) is 15.5. The number of benzene rings is 2. The predicted octanol–water partition coefficient (Wildman–Crippen LogP) is 7.75. The van der Waals surface area contributed by atoms with Gasteiger partial charge in [-0.3, -0.25) is 9.80 Å². The first-order chi connectivity index (χ1) is 29.6. The van der Waals surface area contributed by atoms with E-state index in [9.17, 15) is 19.2 Å². The van der Waals surface area contributed by atoms with Gasteiger partial charge in [0.25, 0.3) is 0 Å². The maximum atomic E-state index is 13.0. The summed E-state index contributed by atoms with van der Waals surface area (Å²) < 4.78 is 42.9. The molecule has 18 heteroatoms. The molecule has 64 heavy (non-hydrogen) atoms. The van der Waals surface area contributed by atoms with E-state index in [0.29, 0.717) is 36.6 Å². The first-order valence-electron chi connectivity index (χ1n) is 21.0. The molecule has 0 radical (unpaired) electrons. The van der Waals surface area contributed by atoms with Crippen LogP contribution in [-0.2, 0) is 33.4 Å². The van der Waals surface area contributed by atoms with E-state index in [4.69, 9.17) is 47.9 Å². The van der Waals surface area contributed by atoms with Crippen LogP contribution in [0, 0.1) is 0 Å². The maximum Gasteiger partial charge on any atom is 0.411 e. The number of rotatable bonds is 4. The zero-order valence-corrected chi connectivity index (χ0v) is 38.9. The smallest absolute Gasteiger partial charge is 0.411 e. The standard InChI is InChI=1S/C23H30N2O7.C15H25NO4.C8H7NO3/c1-21(2,3)30-19(26)16-11-23(12-25(16)20(27)31-22(4,5)6)10-15(24-32-23)14-7-8-17-18(9-14)29-13-28-17;1-10-8-11(12(17)19-14(2,3)4)16(9-10)13(18)20-15(5,6)7;10-9-4-6-1-2-7-8(3-6)12-5-11-7/h7-9,16H,10-13H2,1-6H3;11H,1,8-9H2,2-7H3;1-4,10H,5H2/b;;9-4+/t16-,23+;11-;/m00./s1. The molecule has 2 amide bonds.